The highest BCUT2D eigenvalue weighted by Gasteiger charge is 2.23. The van der Waals surface area contributed by atoms with Crippen molar-refractivity contribution in [2.75, 3.05) is 13.7 Å². The van der Waals surface area contributed by atoms with Crippen LogP contribution in [-0.4, -0.2) is 19.2 Å². The van der Waals surface area contributed by atoms with Gasteiger partial charge in [-0.1, -0.05) is 26.0 Å². The predicted molar refractivity (Wildman–Crippen MR) is 73.8 cm³/mol. The summed E-state index contributed by atoms with van der Waals surface area (Å²) in [7, 11) is 1.71. The Morgan fingerprint density at radius 3 is 2.29 bits per heavy atom. The van der Waals surface area contributed by atoms with E-state index in [0.717, 1.165) is 12.3 Å². The van der Waals surface area contributed by atoms with Crippen molar-refractivity contribution in [3.8, 4) is 5.75 Å². The molecule has 1 aromatic carbocycles. The minimum Gasteiger partial charge on any atom is -0.497 e. The van der Waals surface area contributed by atoms with E-state index in [1.165, 1.54) is 5.56 Å². The molecule has 1 rings (SSSR count). The zero-order valence-corrected chi connectivity index (χ0v) is 11.9. The molecule has 2 nitrogen and oxygen atoms in total. The van der Waals surface area contributed by atoms with Gasteiger partial charge in [-0.15, -0.1) is 0 Å². The van der Waals surface area contributed by atoms with E-state index in [4.69, 9.17) is 4.74 Å². The third-order valence-electron chi connectivity index (χ3n) is 2.91. The molecule has 0 aliphatic carbocycles. The molecule has 0 saturated carbocycles. The van der Waals surface area contributed by atoms with Crippen LogP contribution in [0.5, 0.6) is 5.75 Å². The highest BCUT2D eigenvalue weighted by atomic mass is 16.5. The van der Waals surface area contributed by atoms with Crippen molar-refractivity contribution in [3.63, 3.8) is 0 Å². The maximum atomic E-state index is 5.28. The smallest absolute Gasteiger partial charge is 0.119 e. The van der Waals surface area contributed by atoms with Gasteiger partial charge < -0.3 is 10.1 Å². The van der Waals surface area contributed by atoms with Crippen LogP contribution in [0.4, 0.5) is 0 Å². The van der Waals surface area contributed by atoms with Gasteiger partial charge in [0.05, 0.1) is 7.11 Å². The van der Waals surface area contributed by atoms with E-state index in [9.17, 15) is 0 Å². The largest absolute Gasteiger partial charge is 0.497 e. The summed E-state index contributed by atoms with van der Waals surface area (Å²) in [6, 6.07) is 8.31. The molecule has 0 aliphatic heterocycles. The zero-order valence-electron chi connectivity index (χ0n) is 11.9. The normalized spacial score (nSPS) is 12.6. The number of benzene rings is 1. The quantitative estimate of drug-likeness (QED) is 0.864. The molecule has 0 aromatic heterocycles. The Hall–Kier alpha value is -1.02. The van der Waals surface area contributed by atoms with Crippen molar-refractivity contribution in [2.24, 2.45) is 0 Å². The standard InChI is InChI=1S/C15H25NO/c1-14(2,3)16-11-15(4,5)12-8-7-9-13(10-12)17-6/h7-10,16H,11H2,1-6H3. The van der Waals surface area contributed by atoms with Gasteiger partial charge >= 0.3 is 0 Å². The molecule has 1 N–H and O–H groups in total. The van der Waals surface area contributed by atoms with Crippen LogP contribution >= 0.6 is 0 Å². The van der Waals surface area contributed by atoms with Gasteiger partial charge in [0.1, 0.15) is 5.75 Å². The number of nitrogens with one attached hydrogen (secondary N) is 1. The summed E-state index contributed by atoms with van der Waals surface area (Å²) in [6.45, 7) is 12.0. The van der Waals surface area contributed by atoms with Gasteiger partial charge in [-0.05, 0) is 38.5 Å². The molecule has 0 bridgehead atoms. The van der Waals surface area contributed by atoms with Gasteiger partial charge in [0.2, 0.25) is 0 Å². The Balaban J connectivity index is 2.81. The van der Waals surface area contributed by atoms with Gasteiger partial charge in [-0.25, -0.2) is 0 Å². The minimum absolute atomic E-state index is 0.0990. The SMILES string of the molecule is COc1cccc(C(C)(C)CNC(C)(C)C)c1. The van der Waals surface area contributed by atoms with Crippen LogP contribution in [0.2, 0.25) is 0 Å². The molecule has 96 valence electrons. The molecule has 0 heterocycles. The topological polar surface area (TPSA) is 21.3 Å². The molecular formula is C15H25NO. The van der Waals surface area contributed by atoms with Crippen molar-refractivity contribution < 1.29 is 4.74 Å². The fraction of sp³-hybridized carbons (Fsp3) is 0.600. The van der Waals surface area contributed by atoms with Crippen molar-refractivity contribution in [3.05, 3.63) is 29.8 Å². The van der Waals surface area contributed by atoms with Gasteiger partial charge in [0, 0.05) is 17.5 Å². The number of hydrogen-bond acceptors (Lipinski definition) is 2. The first-order valence-electron chi connectivity index (χ1n) is 6.14. The maximum Gasteiger partial charge on any atom is 0.119 e. The molecule has 0 spiro atoms. The van der Waals surface area contributed by atoms with E-state index >= 15 is 0 Å². The molecule has 0 amide bonds. The van der Waals surface area contributed by atoms with Crippen molar-refractivity contribution in [1.82, 2.24) is 5.32 Å². The summed E-state index contributed by atoms with van der Waals surface area (Å²) in [5.41, 5.74) is 1.55. The molecule has 0 aliphatic rings. The monoisotopic (exact) mass is 235 g/mol. The van der Waals surface area contributed by atoms with E-state index in [-0.39, 0.29) is 11.0 Å². The number of hydrogen-bond donors (Lipinski definition) is 1. The number of ether oxygens (including phenoxy) is 1. The summed E-state index contributed by atoms with van der Waals surface area (Å²) in [6.07, 6.45) is 0. The maximum absolute atomic E-state index is 5.28. The Labute approximate surface area is 105 Å². The summed E-state index contributed by atoms with van der Waals surface area (Å²) in [4.78, 5) is 0. The van der Waals surface area contributed by atoms with E-state index in [0.29, 0.717) is 0 Å². The lowest BCUT2D eigenvalue weighted by atomic mass is 9.84. The summed E-state index contributed by atoms with van der Waals surface area (Å²) in [5.74, 6) is 0.923. The second-order valence-electron chi connectivity index (χ2n) is 6.22. The summed E-state index contributed by atoms with van der Waals surface area (Å²) < 4.78 is 5.28. The Kier molecular flexibility index (Phi) is 4.21. The molecule has 0 saturated heterocycles. The van der Waals surface area contributed by atoms with Crippen LogP contribution < -0.4 is 10.1 Å². The summed E-state index contributed by atoms with van der Waals surface area (Å²) in [5, 5.41) is 3.56. The van der Waals surface area contributed by atoms with Gasteiger partial charge in [0.25, 0.3) is 0 Å². The third kappa shape index (κ3) is 4.39. The molecule has 2 heteroatoms. The van der Waals surface area contributed by atoms with Crippen molar-refractivity contribution in [1.29, 1.82) is 0 Å². The third-order valence-corrected chi connectivity index (χ3v) is 2.91. The average molecular weight is 235 g/mol. The van der Waals surface area contributed by atoms with Crippen LogP contribution in [0.15, 0.2) is 24.3 Å². The first-order valence-corrected chi connectivity index (χ1v) is 6.14. The lowest BCUT2D eigenvalue weighted by Crippen LogP contribution is -2.43. The highest BCUT2D eigenvalue weighted by molar-refractivity contribution is 5.33. The molecule has 0 unspecified atom stereocenters. The second-order valence-corrected chi connectivity index (χ2v) is 6.22. The lowest BCUT2D eigenvalue weighted by molar-refractivity contribution is 0.361. The van der Waals surface area contributed by atoms with Crippen LogP contribution in [0.1, 0.15) is 40.2 Å². The van der Waals surface area contributed by atoms with Gasteiger partial charge in [0.15, 0.2) is 0 Å². The van der Waals surface area contributed by atoms with E-state index in [1.807, 2.05) is 12.1 Å². The predicted octanol–water partition coefficient (Wildman–Crippen LogP) is 3.36. The van der Waals surface area contributed by atoms with E-state index in [1.54, 1.807) is 7.11 Å². The minimum atomic E-state index is 0.0990. The Morgan fingerprint density at radius 2 is 1.76 bits per heavy atom. The molecular weight excluding hydrogens is 210 g/mol. The van der Waals surface area contributed by atoms with Crippen LogP contribution in [0.3, 0.4) is 0 Å². The van der Waals surface area contributed by atoms with Crippen molar-refractivity contribution in [2.45, 2.75) is 45.6 Å². The van der Waals surface area contributed by atoms with Crippen molar-refractivity contribution >= 4 is 0 Å². The number of methoxy groups -OCH3 is 1. The molecule has 0 fully saturated rings. The first kappa shape index (κ1) is 14.0. The van der Waals surface area contributed by atoms with Crippen LogP contribution in [0, 0.1) is 0 Å². The Bertz CT molecular complexity index is 363. The van der Waals surface area contributed by atoms with E-state index < -0.39 is 0 Å². The van der Waals surface area contributed by atoms with Crippen LogP contribution in [0.25, 0.3) is 0 Å². The number of rotatable bonds is 4. The lowest BCUT2D eigenvalue weighted by Gasteiger charge is -2.31. The average Bonchev–Trinajstić information content (AvgIpc) is 2.26. The summed E-state index contributed by atoms with van der Waals surface area (Å²) >= 11 is 0. The van der Waals surface area contributed by atoms with Crippen LogP contribution in [-0.2, 0) is 5.41 Å². The zero-order chi connectivity index (χ0) is 13.1. The fourth-order valence-electron chi connectivity index (χ4n) is 1.63. The fourth-order valence-corrected chi connectivity index (χ4v) is 1.63. The van der Waals surface area contributed by atoms with Gasteiger partial charge in [-0.2, -0.15) is 0 Å². The van der Waals surface area contributed by atoms with Gasteiger partial charge in [-0.3, -0.25) is 0 Å². The second kappa shape index (κ2) is 5.09. The first-order chi connectivity index (χ1) is 7.74. The Morgan fingerprint density at radius 1 is 1.12 bits per heavy atom. The highest BCUT2D eigenvalue weighted by Crippen LogP contribution is 2.26. The molecule has 1 aromatic rings. The van der Waals surface area contributed by atoms with E-state index in [2.05, 4.69) is 52.1 Å². The molecule has 0 atom stereocenters. The molecule has 17 heavy (non-hydrogen) atoms. The molecule has 0 radical (unpaired) electrons.